The topological polar surface area (TPSA) is 64.4 Å². The lowest BCUT2D eigenvalue weighted by atomic mass is 10.00. The van der Waals surface area contributed by atoms with Crippen molar-refractivity contribution in [1.29, 1.82) is 0 Å². The van der Waals surface area contributed by atoms with Crippen molar-refractivity contribution < 1.29 is 14.1 Å². The number of hydrogen-bond donors (Lipinski definition) is 1. The molecule has 2 rings (SSSR count). The first kappa shape index (κ1) is 14.1. The molecule has 1 heterocycles. The number of nitrogens with zero attached hydrogens (tertiary/aromatic N) is 1. The monoisotopic (exact) mass is 274 g/mol. The predicted molar refractivity (Wildman–Crippen MR) is 75.9 cm³/mol. The lowest BCUT2D eigenvalue weighted by Gasteiger charge is -2.06. The average Bonchev–Trinajstić information content (AvgIpc) is 2.89. The van der Waals surface area contributed by atoms with Crippen LogP contribution in [0.25, 0.3) is 0 Å². The number of carbonyl (C=O) groups excluding carboxylic acids is 1. The van der Waals surface area contributed by atoms with E-state index in [0.717, 1.165) is 18.5 Å². The molecular formula is C15H18N2O3. The molecule has 1 aromatic heterocycles. The summed E-state index contributed by atoms with van der Waals surface area (Å²) < 4.78 is 10.2. The van der Waals surface area contributed by atoms with Gasteiger partial charge < -0.3 is 9.26 Å². The van der Waals surface area contributed by atoms with Gasteiger partial charge in [0.2, 0.25) is 5.88 Å². The second-order valence-corrected chi connectivity index (χ2v) is 4.46. The van der Waals surface area contributed by atoms with Gasteiger partial charge in [-0.2, -0.15) is 0 Å². The van der Waals surface area contributed by atoms with Crippen LogP contribution in [0.3, 0.4) is 0 Å². The first-order chi connectivity index (χ1) is 9.72. The third-order valence-corrected chi connectivity index (χ3v) is 3.11. The molecule has 20 heavy (non-hydrogen) atoms. The summed E-state index contributed by atoms with van der Waals surface area (Å²) in [5.74, 6) is 1.12. The van der Waals surface area contributed by atoms with E-state index in [4.69, 9.17) is 9.26 Å². The molecule has 0 bridgehead atoms. The van der Waals surface area contributed by atoms with Gasteiger partial charge in [-0.25, -0.2) is 4.79 Å². The number of ether oxygens (including phenoxy) is 1. The van der Waals surface area contributed by atoms with E-state index >= 15 is 0 Å². The molecule has 1 aromatic carbocycles. The fraction of sp³-hybridized carbons (Fsp3) is 0.333. The maximum Gasteiger partial charge on any atom is 0.419 e. The van der Waals surface area contributed by atoms with Crippen molar-refractivity contribution in [2.24, 2.45) is 0 Å². The summed E-state index contributed by atoms with van der Waals surface area (Å²) in [4.78, 5) is 11.7. The van der Waals surface area contributed by atoms with Crippen LogP contribution in [0.5, 0.6) is 5.75 Å². The summed E-state index contributed by atoms with van der Waals surface area (Å²) in [6.07, 6.45) is 1.37. The molecule has 0 radical (unpaired) electrons. The zero-order valence-corrected chi connectivity index (χ0v) is 11.6. The van der Waals surface area contributed by atoms with Crippen molar-refractivity contribution in [3.8, 4) is 5.75 Å². The van der Waals surface area contributed by atoms with Gasteiger partial charge >= 0.3 is 6.09 Å². The minimum absolute atomic E-state index is 0.299. The Balaban J connectivity index is 1.95. The zero-order valence-electron chi connectivity index (χ0n) is 11.6. The molecule has 2 aromatic rings. The Hall–Kier alpha value is -2.30. The first-order valence-electron chi connectivity index (χ1n) is 6.73. The summed E-state index contributed by atoms with van der Waals surface area (Å²) in [6, 6.07) is 10.6. The highest BCUT2D eigenvalue weighted by Gasteiger charge is 2.15. The van der Waals surface area contributed by atoms with Crippen LogP contribution in [0.1, 0.15) is 38.3 Å². The van der Waals surface area contributed by atoms with Crippen LogP contribution in [-0.2, 0) is 0 Å². The Morgan fingerprint density at radius 1 is 1.30 bits per heavy atom. The van der Waals surface area contributed by atoms with Crippen LogP contribution in [0, 0.1) is 0 Å². The Morgan fingerprint density at radius 3 is 2.65 bits per heavy atom. The maximum atomic E-state index is 11.7. The van der Waals surface area contributed by atoms with Gasteiger partial charge in [-0.3, -0.25) is 5.32 Å². The Labute approximate surface area is 117 Å². The van der Waals surface area contributed by atoms with Gasteiger partial charge in [0.15, 0.2) is 0 Å². The van der Waals surface area contributed by atoms with Crippen LogP contribution < -0.4 is 10.1 Å². The van der Waals surface area contributed by atoms with Gasteiger partial charge in [0, 0.05) is 12.0 Å². The van der Waals surface area contributed by atoms with E-state index in [9.17, 15) is 4.79 Å². The first-order valence-corrected chi connectivity index (χ1v) is 6.73. The van der Waals surface area contributed by atoms with Gasteiger partial charge in [-0.1, -0.05) is 37.2 Å². The molecular weight excluding hydrogens is 256 g/mol. The molecule has 0 saturated carbocycles. The van der Waals surface area contributed by atoms with E-state index in [1.54, 1.807) is 30.3 Å². The van der Waals surface area contributed by atoms with Gasteiger partial charge in [-0.05, 0) is 25.0 Å². The fourth-order valence-electron chi connectivity index (χ4n) is 1.97. The molecule has 5 nitrogen and oxygen atoms in total. The minimum atomic E-state index is -0.594. The minimum Gasteiger partial charge on any atom is -0.410 e. The van der Waals surface area contributed by atoms with Crippen molar-refractivity contribution in [3.05, 3.63) is 42.1 Å². The van der Waals surface area contributed by atoms with E-state index in [-0.39, 0.29) is 0 Å². The van der Waals surface area contributed by atoms with Gasteiger partial charge in [-0.15, -0.1) is 0 Å². The maximum absolute atomic E-state index is 11.7. The number of nitrogens with one attached hydrogen (secondary N) is 1. The van der Waals surface area contributed by atoms with Crippen LogP contribution >= 0.6 is 0 Å². The van der Waals surface area contributed by atoms with Gasteiger partial charge in [0.05, 0.1) is 5.69 Å². The molecule has 0 fully saturated rings. The second kappa shape index (κ2) is 6.75. The average molecular weight is 274 g/mol. The number of rotatable bonds is 5. The molecule has 0 atom stereocenters. The van der Waals surface area contributed by atoms with E-state index in [1.165, 1.54) is 0 Å². The van der Waals surface area contributed by atoms with Crippen molar-refractivity contribution in [1.82, 2.24) is 5.16 Å². The molecule has 0 aliphatic carbocycles. The summed E-state index contributed by atoms with van der Waals surface area (Å²) in [5.41, 5.74) is 0.852. The van der Waals surface area contributed by atoms with Crippen molar-refractivity contribution in [3.63, 3.8) is 0 Å². The lowest BCUT2D eigenvalue weighted by Crippen LogP contribution is -2.16. The molecule has 0 saturated heterocycles. The molecule has 0 unspecified atom stereocenters. The molecule has 106 valence electrons. The van der Waals surface area contributed by atoms with Gasteiger partial charge in [0.1, 0.15) is 5.75 Å². The van der Waals surface area contributed by atoms with Crippen LogP contribution in [-0.4, -0.2) is 11.2 Å². The van der Waals surface area contributed by atoms with Gasteiger partial charge in [0.25, 0.3) is 0 Å². The van der Waals surface area contributed by atoms with E-state index < -0.39 is 6.09 Å². The number of amides is 1. The third kappa shape index (κ3) is 3.60. The summed E-state index contributed by atoms with van der Waals surface area (Å²) in [6.45, 7) is 4.19. The summed E-state index contributed by atoms with van der Waals surface area (Å²) >= 11 is 0. The van der Waals surface area contributed by atoms with Crippen molar-refractivity contribution >= 4 is 12.0 Å². The number of anilines is 1. The number of benzene rings is 1. The molecule has 0 spiro atoms. The highest BCUT2D eigenvalue weighted by Crippen LogP contribution is 2.24. The van der Waals surface area contributed by atoms with Crippen LogP contribution in [0.4, 0.5) is 10.7 Å². The Bertz CT molecular complexity index is 547. The van der Waals surface area contributed by atoms with Crippen LogP contribution in [0.2, 0.25) is 0 Å². The SMILES string of the molecule is CCC(CC)c1cc(NC(=O)Oc2ccccc2)on1. The smallest absolute Gasteiger partial charge is 0.410 e. The highest BCUT2D eigenvalue weighted by atomic mass is 16.6. The fourth-order valence-corrected chi connectivity index (χ4v) is 1.97. The van der Waals surface area contributed by atoms with E-state index in [1.807, 2.05) is 6.07 Å². The normalized spacial score (nSPS) is 10.6. The van der Waals surface area contributed by atoms with Crippen molar-refractivity contribution in [2.75, 3.05) is 5.32 Å². The van der Waals surface area contributed by atoms with E-state index in [2.05, 4.69) is 24.3 Å². The molecule has 0 aliphatic rings. The quantitative estimate of drug-likeness (QED) is 0.887. The second-order valence-electron chi connectivity index (χ2n) is 4.46. The molecule has 1 N–H and O–H groups in total. The standard InChI is InChI=1S/C15H18N2O3/c1-3-11(4-2)13-10-14(20-17-13)16-15(18)19-12-8-6-5-7-9-12/h5-11H,3-4H2,1-2H3,(H,16,18). The molecule has 1 amide bonds. The Kier molecular flexibility index (Phi) is 4.76. The number of aromatic nitrogens is 1. The molecule has 0 aliphatic heterocycles. The predicted octanol–water partition coefficient (Wildman–Crippen LogP) is 4.19. The van der Waals surface area contributed by atoms with Crippen molar-refractivity contribution in [2.45, 2.75) is 32.6 Å². The highest BCUT2D eigenvalue weighted by molar-refractivity contribution is 5.84. The number of hydrogen-bond acceptors (Lipinski definition) is 4. The third-order valence-electron chi connectivity index (χ3n) is 3.11. The zero-order chi connectivity index (χ0) is 14.4. The summed E-state index contributed by atoms with van der Waals surface area (Å²) in [7, 11) is 0. The Morgan fingerprint density at radius 2 is 2.00 bits per heavy atom. The largest absolute Gasteiger partial charge is 0.419 e. The number of carbonyl (C=O) groups is 1. The van der Waals surface area contributed by atoms with E-state index in [0.29, 0.717) is 17.6 Å². The number of para-hydroxylation sites is 1. The lowest BCUT2D eigenvalue weighted by molar-refractivity contribution is 0.214. The molecule has 5 heteroatoms. The van der Waals surface area contributed by atoms with Crippen LogP contribution in [0.15, 0.2) is 40.9 Å². The summed E-state index contributed by atoms with van der Waals surface area (Å²) in [5, 5.41) is 6.50.